The minimum absolute atomic E-state index is 0.425. The highest BCUT2D eigenvalue weighted by molar-refractivity contribution is 5.90. The topological polar surface area (TPSA) is 65.0 Å². The zero-order valence-electron chi connectivity index (χ0n) is 17.8. The third-order valence-electron chi connectivity index (χ3n) is 4.99. The molecular formula is C25H29N3O2. The number of rotatable bonds is 10. The standard InChI is InChI=1S/C25H29N3O2/c1-3-4-5-6-7-8-9-20-16-27-24(28-17-20)21-12-14-23(15-13-21)30-25(29)22-11-10-19(2)26-18-22/h10-18H,3-9H2,1-2H3. The Bertz CT molecular complexity index is 920. The Morgan fingerprint density at radius 2 is 1.53 bits per heavy atom. The fraction of sp³-hybridized carbons (Fsp3) is 0.360. The summed E-state index contributed by atoms with van der Waals surface area (Å²) in [5.41, 5.74) is 3.34. The van der Waals surface area contributed by atoms with Gasteiger partial charge in [-0.3, -0.25) is 4.98 Å². The number of aryl methyl sites for hydroxylation is 2. The van der Waals surface area contributed by atoms with Crippen molar-refractivity contribution in [2.75, 3.05) is 0 Å². The average Bonchev–Trinajstić information content (AvgIpc) is 2.77. The van der Waals surface area contributed by atoms with Crippen molar-refractivity contribution in [3.63, 3.8) is 0 Å². The van der Waals surface area contributed by atoms with E-state index in [1.165, 1.54) is 50.3 Å². The SMILES string of the molecule is CCCCCCCCc1cnc(-c2ccc(OC(=O)c3ccc(C)nc3)cc2)nc1. The maximum atomic E-state index is 12.2. The minimum atomic E-state index is -0.425. The molecule has 3 aromatic rings. The van der Waals surface area contributed by atoms with Crippen LogP contribution in [0.3, 0.4) is 0 Å². The van der Waals surface area contributed by atoms with Crippen molar-refractivity contribution in [1.29, 1.82) is 0 Å². The number of unbranched alkanes of at least 4 members (excludes halogenated alkanes) is 5. The molecule has 0 atom stereocenters. The molecule has 0 N–H and O–H groups in total. The number of hydrogen-bond acceptors (Lipinski definition) is 5. The second-order valence-corrected chi connectivity index (χ2v) is 7.53. The molecule has 30 heavy (non-hydrogen) atoms. The summed E-state index contributed by atoms with van der Waals surface area (Å²) in [6, 6.07) is 10.7. The monoisotopic (exact) mass is 403 g/mol. The first-order chi connectivity index (χ1) is 14.7. The van der Waals surface area contributed by atoms with E-state index in [1.54, 1.807) is 24.3 Å². The van der Waals surface area contributed by atoms with Crippen LogP contribution in [0, 0.1) is 6.92 Å². The first-order valence-corrected chi connectivity index (χ1v) is 10.7. The van der Waals surface area contributed by atoms with Crippen LogP contribution in [0.25, 0.3) is 11.4 Å². The highest BCUT2D eigenvalue weighted by atomic mass is 16.5. The van der Waals surface area contributed by atoms with Crippen molar-refractivity contribution in [2.45, 2.75) is 58.8 Å². The van der Waals surface area contributed by atoms with E-state index in [0.29, 0.717) is 17.1 Å². The number of pyridine rings is 1. The van der Waals surface area contributed by atoms with Crippen LogP contribution < -0.4 is 4.74 Å². The van der Waals surface area contributed by atoms with E-state index in [-0.39, 0.29) is 0 Å². The van der Waals surface area contributed by atoms with Crippen molar-refractivity contribution >= 4 is 5.97 Å². The van der Waals surface area contributed by atoms with E-state index in [1.807, 2.05) is 31.5 Å². The molecule has 0 fully saturated rings. The highest BCUT2D eigenvalue weighted by Crippen LogP contribution is 2.20. The molecular weight excluding hydrogens is 374 g/mol. The van der Waals surface area contributed by atoms with Gasteiger partial charge in [0, 0.05) is 29.8 Å². The maximum Gasteiger partial charge on any atom is 0.345 e. The molecule has 0 bridgehead atoms. The number of esters is 1. The summed E-state index contributed by atoms with van der Waals surface area (Å²) in [6.07, 6.45) is 14.1. The lowest BCUT2D eigenvalue weighted by molar-refractivity contribution is 0.0734. The van der Waals surface area contributed by atoms with E-state index < -0.39 is 5.97 Å². The number of carbonyl (C=O) groups is 1. The molecule has 1 aromatic carbocycles. The molecule has 0 saturated heterocycles. The van der Waals surface area contributed by atoms with E-state index in [9.17, 15) is 4.79 Å². The number of ether oxygens (including phenoxy) is 1. The van der Waals surface area contributed by atoms with Crippen LogP contribution in [0.1, 0.15) is 67.1 Å². The molecule has 5 heteroatoms. The van der Waals surface area contributed by atoms with Crippen LogP contribution in [0.5, 0.6) is 5.75 Å². The molecule has 0 aliphatic carbocycles. The van der Waals surface area contributed by atoms with Crippen LogP contribution in [-0.2, 0) is 6.42 Å². The Balaban J connectivity index is 1.51. The Hall–Kier alpha value is -3.08. The van der Waals surface area contributed by atoms with Gasteiger partial charge >= 0.3 is 5.97 Å². The molecule has 0 unspecified atom stereocenters. The molecule has 3 rings (SSSR count). The van der Waals surface area contributed by atoms with Crippen molar-refractivity contribution in [3.8, 4) is 17.1 Å². The van der Waals surface area contributed by atoms with Gasteiger partial charge in [0.25, 0.3) is 0 Å². The van der Waals surface area contributed by atoms with Crippen LogP contribution in [-0.4, -0.2) is 20.9 Å². The zero-order chi connectivity index (χ0) is 21.2. The van der Waals surface area contributed by atoms with Crippen molar-refractivity contribution in [3.05, 3.63) is 71.8 Å². The van der Waals surface area contributed by atoms with E-state index >= 15 is 0 Å². The van der Waals surface area contributed by atoms with Gasteiger partial charge in [0.2, 0.25) is 0 Å². The van der Waals surface area contributed by atoms with Gasteiger partial charge in [-0.05, 0) is 61.7 Å². The third kappa shape index (κ3) is 6.48. The second-order valence-electron chi connectivity index (χ2n) is 7.53. The van der Waals surface area contributed by atoms with E-state index in [0.717, 1.165) is 17.7 Å². The van der Waals surface area contributed by atoms with Crippen LogP contribution in [0.4, 0.5) is 0 Å². The van der Waals surface area contributed by atoms with Gasteiger partial charge in [-0.25, -0.2) is 14.8 Å². The lowest BCUT2D eigenvalue weighted by atomic mass is 10.1. The molecule has 2 aromatic heterocycles. The van der Waals surface area contributed by atoms with Gasteiger partial charge in [-0.2, -0.15) is 0 Å². The Morgan fingerprint density at radius 1 is 0.833 bits per heavy atom. The number of benzene rings is 1. The summed E-state index contributed by atoms with van der Waals surface area (Å²) in [6.45, 7) is 4.11. The summed E-state index contributed by atoms with van der Waals surface area (Å²) in [5.74, 6) is 0.719. The Kier molecular flexibility index (Phi) is 8.07. The van der Waals surface area contributed by atoms with Crippen LogP contribution in [0.2, 0.25) is 0 Å². The van der Waals surface area contributed by atoms with E-state index in [4.69, 9.17) is 4.74 Å². The summed E-state index contributed by atoms with van der Waals surface area (Å²) < 4.78 is 5.41. The summed E-state index contributed by atoms with van der Waals surface area (Å²) in [4.78, 5) is 25.3. The maximum absolute atomic E-state index is 12.2. The number of carbonyl (C=O) groups excluding carboxylic acids is 1. The predicted molar refractivity (Wildman–Crippen MR) is 118 cm³/mol. The van der Waals surface area contributed by atoms with Gasteiger partial charge in [0.05, 0.1) is 5.56 Å². The van der Waals surface area contributed by atoms with Crippen molar-refractivity contribution < 1.29 is 9.53 Å². The van der Waals surface area contributed by atoms with E-state index in [2.05, 4.69) is 21.9 Å². The summed E-state index contributed by atoms with van der Waals surface area (Å²) in [5, 5.41) is 0. The van der Waals surface area contributed by atoms with Gasteiger partial charge in [-0.15, -0.1) is 0 Å². The van der Waals surface area contributed by atoms with Crippen LogP contribution >= 0.6 is 0 Å². The number of hydrogen-bond donors (Lipinski definition) is 0. The largest absolute Gasteiger partial charge is 0.423 e. The smallest absolute Gasteiger partial charge is 0.345 e. The molecule has 0 amide bonds. The molecule has 2 heterocycles. The lowest BCUT2D eigenvalue weighted by Crippen LogP contribution is -2.08. The third-order valence-corrected chi connectivity index (χ3v) is 4.99. The van der Waals surface area contributed by atoms with Gasteiger partial charge < -0.3 is 4.74 Å². The fourth-order valence-corrected chi connectivity index (χ4v) is 3.17. The molecule has 0 aliphatic rings. The lowest BCUT2D eigenvalue weighted by Gasteiger charge is -2.06. The van der Waals surface area contributed by atoms with Crippen molar-refractivity contribution in [1.82, 2.24) is 15.0 Å². The molecule has 0 radical (unpaired) electrons. The van der Waals surface area contributed by atoms with Gasteiger partial charge in [0.15, 0.2) is 5.82 Å². The molecule has 156 valence electrons. The molecule has 0 spiro atoms. The van der Waals surface area contributed by atoms with Gasteiger partial charge in [-0.1, -0.05) is 39.0 Å². The fourth-order valence-electron chi connectivity index (χ4n) is 3.17. The Labute approximate surface area is 178 Å². The average molecular weight is 404 g/mol. The minimum Gasteiger partial charge on any atom is -0.423 e. The first kappa shape index (κ1) is 21.6. The highest BCUT2D eigenvalue weighted by Gasteiger charge is 2.09. The summed E-state index contributed by atoms with van der Waals surface area (Å²) >= 11 is 0. The molecule has 0 aliphatic heterocycles. The number of nitrogens with zero attached hydrogens (tertiary/aromatic N) is 3. The second kappa shape index (κ2) is 11.2. The van der Waals surface area contributed by atoms with Gasteiger partial charge in [0.1, 0.15) is 5.75 Å². The zero-order valence-corrected chi connectivity index (χ0v) is 17.8. The summed E-state index contributed by atoms with van der Waals surface area (Å²) in [7, 11) is 0. The molecule has 0 saturated carbocycles. The predicted octanol–water partition coefficient (Wildman–Crippen LogP) is 5.97. The number of aromatic nitrogens is 3. The Morgan fingerprint density at radius 3 is 2.20 bits per heavy atom. The normalized spacial score (nSPS) is 10.7. The van der Waals surface area contributed by atoms with Crippen molar-refractivity contribution in [2.24, 2.45) is 0 Å². The molecule has 5 nitrogen and oxygen atoms in total. The quantitative estimate of drug-likeness (QED) is 0.237. The van der Waals surface area contributed by atoms with Crippen LogP contribution in [0.15, 0.2) is 55.0 Å². The first-order valence-electron chi connectivity index (χ1n) is 10.7.